The van der Waals surface area contributed by atoms with Crippen LogP contribution in [0.5, 0.6) is 0 Å². The summed E-state index contributed by atoms with van der Waals surface area (Å²) in [7, 11) is 0. The van der Waals surface area contributed by atoms with Gasteiger partial charge >= 0.3 is 0 Å². The Bertz CT molecular complexity index is 345. The van der Waals surface area contributed by atoms with Gasteiger partial charge in [0.2, 0.25) is 0 Å². The molecule has 0 aliphatic carbocycles. The molecule has 1 aromatic rings. The number of pyridine rings is 1. The van der Waals surface area contributed by atoms with Crippen molar-refractivity contribution >= 4 is 5.91 Å². The monoisotopic (exact) mass is 192 g/mol. The van der Waals surface area contributed by atoms with Crippen LogP contribution in [0, 0.1) is 12.8 Å². The fourth-order valence-corrected chi connectivity index (χ4v) is 1.45. The van der Waals surface area contributed by atoms with E-state index >= 15 is 0 Å². The first-order valence-electron chi connectivity index (χ1n) is 4.76. The summed E-state index contributed by atoms with van der Waals surface area (Å²) in [4.78, 5) is 15.2. The second-order valence-corrected chi connectivity index (χ2v) is 3.95. The van der Waals surface area contributed by atoms with E-state index in [9.17, 15) is 4.79 Å². The SMILES string of the molecule is Cc1cc(CC(C)C)c(C(N)=O)cn1. The van der Waals surface area contributed by atoms with Gasteiger partial charge in [0.15, 0.2) is 0 Å². The highest BCUT2D eigenvalue weighted by atomic mass is 16.1. The molecule has 76 valence electrons. The number of rotatable bonds is 3. The summed E-state index contributed by atoms with van der Waals surface area (Å²) in [5.41, 5.74) is 7.73. The van der Waals surface area contributed by atoms with Crippen molar-refractivity contribution in [2.45, 2.75) is 27.2 Å². The summed E-state index contributed by atoms with van der Waals surface area (Å²) >= 11 is 0. The minimum atomic E-state index is -0.395. The maximum atomic E-state index is 11.1. The molecule has 0 unspecified atom stereocenters. The van der Waals surface area contributed by atoms with E-state index < -0.39 is 5.91 Å². The molecule has 0 aliphatic heterocycles. The van der Waals surface area contributed by atoms with Crippen molar-refractivity contribution in [2.24, 2.45) is 11.7 Å². The Morgan fingerprint density at radius 2 is 2.21 bits per heavy atom. The van der Waals surface area contributed by atoms with Crippen molar-refractivity contribution in [3.05, 3.63) is 29.1 Å². The first-order chi connectivity index (χ1) is 6.50. The van der Waals surface area contributed by atoms with Crippen LogP contribution in [-0.4, -0.2) is 10.9 Å². The molecule has 0 fully saturated rings. The molecule has 0 aliphatic rings. The lowest BCUT2D eigenvalue weighted by Gasteiger charge is -2.09. The van der Waals surface area contributed by atoms with E-state index in [0.29, 0.717) is 11.5 Å². The quantitative estimate of drug-likeness (QED) is 0.792. The third kappa shape index (κ3) is 2.55. The van der Waals surface area contributed by atoms with Crippen LogP contribution >= 0.6 is 0 Å². The highest BCUT2D eigenvalue weighted by Crippen LogP contribution is 2.13. The Morgan fingerprint density at radius 1 is 1.57 bits per heavy atom. The van der Waals surface area contributed by atoms with E-state index in [-0.39, 0.29) is 0 Å². The first kappa shape index (κ1) is 10.7. The standard InChI is InChI=1S/C11H16N2O/c1-7(2)4-9-5-8(3)13-6-10(9)11(12)14/h5-7H,4H2,1-3H3,(H2,12,14). The smallest absolute Gasteiger partial charge is 0.250 e. The molecule has 0 saturated heterocycles. The Morgan fingerprint density at radius 3 is 2.71 bits per heavy atom. The Balaban J connectivity index is 3.09. The van der Waals surface area contributed by atoms with Gasteiger partial charge in [0, 0.05) is 11.9 Å². The van der Waals surface area contributed by atoms with Gasteiger partial charge in [-0.2, -0.15) is 0 Å². The van der Waals surface area contributed by atoms with Crippen molar-refractivity contribution in [1.29, 1.82) is 0 Å². The summed E-state index contributed by atoms with van der Waals surface area (Å²) in [6.45, 7) is 6.13. The fraction of sp³-hybridized carbons (Fsp3) is 0.455. The van der Waals surface area contributed by atoms with Crippen LogP contribution in [-0.2, 0) is 6.42 Å². The second-order valence-electron chi connectivity index (χ2n) is 3.95. The minimum Gasteiger partial charge on any atom is -0.366 e. The van der Waals surface area contributed by atoms with Crippen LogP contribution in [0.1, 0.15) is 35.5 Å². The molecule has 0 radical (unpaired) electrons. The van der Waals surface area contributed by atoms with Gasteiger partial charge in [0.05, 0.1) is 5.56 Å². The molecular formula is C11H16N2O. The highest BCUT2D eigenvalue weighted by Gasteiger charge is 2.10. The van der Waals surface area contributed by atoms with Crippen LogP contribution in [0.4, 0.5) is 0 Å². The van der Waals surface area contributed by atoms with E-state index in [1.54, 1.807) is 6.20 Å². The Hall–Kier alpha value is -1.38. The molecule has 1 rings (SSSR count). The average Bonchev–Trinajstić information content (AvgIpc) is 2.01. The predicted octanol–water partition coefficient (Wildman–Crippen LogP) is 1.69. The summed E-state index contributed by atoms with van der Waals surface area (Å²) in [6.07, 6.45) is 2.43. The number of amides is 1. The van der Waals surface area contributed by atoms with Crippen molar-refractivity contribution in [3.63, 3.8) is 0 Å². The maximum absolute atomic E-state index is 11.1. The molecule has 0 bridgehead atoms. The number of aromatic nitrogens is 1. The van der Waals surface area contributed by atoms with Crippen molar-refractivity contribution in [2.75, 3.05) is 0 Å². The lowest BCUT2D eigenvalue weighted by atomic mass is 9.98. The Kier molecular flexibility index (Phi) is 3.23. The molecule has 2 N–H and O–H groups in total. The van der Waals surface area contributed by atoms with Gasteiger partial charge in [0.25, 0.3) is 5.91 Å². The van der Waals surface area contributed by atoms with Gasteiger partial charge in [-0.3, -0.25) is 9.78 Å². The summed E-state index contributed by atoms with van der Waals surface area (Å²) in [5.74, 6) is 0.114. The van der Waals surface area contributed by atoms with Crippen LogP contribution in [0.25, 0.3) is 0 Å². The maximum Gasteiger partial charge on any atom is 0.250 e. The lowest BCUT2D eigenvalue weighted by molar-refractivity contribution is 0.0999. The molecule has 1 aromatic heterocycles. The van der Waals surface area contributed by atoms with Crippen LogP contribution < -0.4 is 5.73 Å². The number of nitrogens with two attached hydrogens (primary N) is 1. The van der Waals surface area contributed by atoms with Gasteiger partial charge in [-0.1, -0.05) is 13.8 Å². The van der Waals surface area contributed by atoms with Crippen molar-refractivity contribution in [3.8, 4) is 0 Å². The average molecular weight is 192 g/mol. The third-order valence-corrected chi connectivity index (χ3v) is 2.02. The van der Waals surface area contributed by atoms with Crippen molar-refractivity contribution < 1.29 is 4.79 Å². The number of primary amides is 1. The zero-order chi connectivity index (χ0) is 10.7. The van der Waals surface area contributed by atoms with Gasteiger partial charge < -0.3 is 5.73 Å². The molecule has 0 spiro atoms. The number of nitrogens with zero attached hydrogens (tertiary/aromatic N) is 1. The molecule has 1 amide bonds. The molecule has 3 nitrogen and oxygen atoms in total. The van der Waals surface area contributed by atoms with Gasteiger partial charge in [-0.25, -0.2) is 0 Å². The molecular weight excluding hydrogens is 176 g/mol. The van der Waals surface area contributed by atoms with E-state index in [4.69, 9.17) is 5.73 Å². The summed E-state index contributed by atoms with van der Waals surface area (Å²) in [6, 6.07) is 1.93. The third-order valence-electron chi connectivity index (χ3n) is 2.02. The zero-order valence-electron chi connectivity index (χ0n) is 8.87. The lowest BCUT2D eigenvalue weighted by Crippen LogP contribution is -2.15. The molecule has 14 heavy (non-hydrogen) atoms. The van der Waals surface area contributed by atoms with E-state index in [2.05, 4.69) is 18.8 Å². The molecule has 0 atom stereocenters. The first-order valence-corrected chi connectivity index (χ1v) is 4.76. The van der Waals surface area contributed by atoms with Crippen LogP contribution in [0.2, 0.25) is 0 Å². The number of hydrogen-bond acceptors (Lipinski definition) is 2. The topological polar surface area (TPSA) is 56.0 Å². The predicted molar refractivity (Wildman–Crippen MR) is 56.0 cm³/mol. The number of carbonyl (C=O) groups is 1. The van der Waals surface area contributed by atoms with Crippen LogP contribution in [0.3, 0.4) is 0 Å². The largest absolute Gasteiger partial charge is 0.366 e. The van der Waals surface area contributed by atoms with E-state index in [0.717, 1.165) is 17.7 Å². The zero-order valence-corrected chi connectivity index (χ0v) is 8.87. The second kappa shape index (κ2) is 4.22. The highest BCUT2D eigenvalue weighted by molar-refractivity contribution is 5.94. The molecule has 3 heteroatoms. The van der Waals surface area contributed by atoms with Crippen molar-refractivity contribution in [1.82, 2.24) is 4.98 Å². The molecule has 1 heterocycles. The summed E-state index contributed by atoms with van der Waals surface area (Å²) < 4.78 is 0. The van der Waals surface area contributed by atoms with Gasteiger partial charge in [-0.15, -0.1) is 0 Å². The summed E-state index contributed by atoms with van der Waals surface area (Å²) in [5, 5.41) is 0. The number of carbonyl (C=O) groups excluding carboxylic acids is 1. The van der Waals surface area contributed by atoms with E-state index in [1.165, 1.54) is 0 Å². The normalized spacial score (nSPS) is 10.6. The minimum absolute atomic E-state index is 0.395. The van der Waals surface area contributed by atoms with Gasteiger partial charge in [0.1, 0.15) is 0 Å². The molecule has 0 aromatic carbocycles. The Labute approximate surface area is 84.3 Å². The van der Waals surface area contributed by atoms with E-state index in [1.807, 2.05) is 13.0 Å². The van der Waals surface area contributed by atoms with Gasteiger partial charge in [-0.05, 0) is 30.9 Å². The number of hydrogen-bond donors (Lipinski definition) is 1. The molecule has 0 saturated carbocycles. The fourth-order valence-electron chi connectivity index (χ4n) is 1.45. The number of aryl methyl sites for hydroxylation is 1. The van der Waals surface area contributed by atoms with Crippen LogP contribution in [0.15, 0.2) is 12.3 Å².